The number of hydrogen-bond acceptors (Lipinski definition) is 2. The van der Waals surface area contributed by atoms with Crippen LogP contribution in [0.2, 0.25) is 0 Å². The zero-order valence-corrected chi connectivity index (χ0v) is 15.5. The number of para-hydroxylation sites is 2. The topological polar surface area (TPSA) is 62.0 Å². The van der Waals surface area contributed by atoms with Crippen molar-refractivity contribution < 1.29 is 18.0 Å². The maximum absolute atomic E-state index is 13.1. The SMILES string of the molecule is O=C(Nc1ccccc1-c1cccc(C(F)(F)F)c1)c1c[nH]c2ccccc2c1=O. The standard InChI is InChI=1S/C23H15F3N2O2/c24-23(25,26)15-7-5-6-14(12-15)16-8-1-4-11-20(16)28-22(30)18-13-27-19-10-3-2-9-17(19)21(18)29/h1-13H,(H,27,29)(H,28,30). The van der Waals surface area contributed by atoms with Gasteiger partial charge in [0.05, 0.1) is 5.56 Å². The van der Waals surface area contributed by atoms with Gasteiger partial charge in [-0.3, -0.25) is 9.59 Å². The summed E-state index contributed by atoms with van der Waals surface area (Å²) in [6, 6.07) is 18.1. The minimum Gasteiger partial charge on any atom is -0.360 e. The predicted octanol–water partition coefficient (Wildman–Crippen LogP) is 5.47. The van der Waals surface area contributed by atoms with E-state index in [1.165, 1.54) is 18.3 Å². The van der Waals surface area contributed by atoms with Gasteiger partial charge in [0.1, 0.15) is 5.56 Å². The van der Waals surface area contributed by atoms with Gasteiger partial charge in [0.2, 0.25) is 5.43 Å². The third-order valence-corrected chi connectivity index (χ3v) is 4.71. The number of anilines is 1. The number of aromatic amines is 1. The Hall–Kier alpha value is -3.87. The molecule has 0 aliphatic heterocycles. The molecule has 2 N–H and O–H groups in total. The van der Waals surface area contributed by atoms with Gasteiger partial charge < -0.3 is 10.3 Å². The number of H-pyrrole nitrogens is 1. The first-order valence-electron chi connectivity index (χ1n) is 9.03. The number of carbonyl (C=O) groups is 1. The number of halogens is 3. The predicted molar refractivity (Wildman–Crippen MR) is 109 cm³/mol. The van der Waals surface area contributed by atoms with E-state index in [9.17, 15) is 22.8 Å². The number of aromatic nitrogens is 1. The van der Waals surface area contributed by atoms with Crippen LogP contribution in [0.1, 0.15) is 15.9 Å². The second-order valence-corrected chi connectivity index (χ2v) is 6.66. The van der Waals surface area contributed by atoms with Gasteiger partial charge in [-0.25, -0.2) is 0 Å². The molecule has 0 unspecified atom stereocenters. The van der Waals surface area contributed by atoms with Crippen LogP contribution in [0, 0.1) is 0 Å². The number of benzene rings is 3. The van der Waals surface area contributed by atoms with Crippen LogP contribution in [0.25, 0.3) is 22.0 Å². The van der Waals surface area contributed by atoms with Crippen LogP contribution < -0.4 is 10.7 Å². The average Bonchev–Trinajstić information content (AvgIpc) is 2.74. The molecule has 1 aromatic heterocycles. The molecule has 0 atom stereocenters. The van der Waals surface area contributed by atoms with Crippen LogP contribution in [0.15, 0.2) is 83.8 Å². The number of rotatable bonds is 3. The Morgan fingerprint density at radius 1 is 0.900 bits per heavy atom. The summed E-state index contributed by atoms with van der Waals surface area (Å²) >= 11 is 0. The lowest BCUT2D eigenvalue weighted by atomic mass is 10.0. The second kappa shape index (κ2) is 7.51. The lowest BCUT2D eigenvalue weighted by Gasteiger charge is -2.13. The van der Waals surface area contributed by atoms with E-state index in [1.807, 2.05) is 0 Å². The fourth-order valence-corrected chi connectivity index (χ4v) is 3.23. The highest BCUT2D eigenvalue weighted by Gasteiger charge is 2.30. The molecule has 0 saturated carbocycles. The Kier molecular flexibility index (Phi) is 4.87. The zero-order valence-electron chi connectivity index (χ0n) is 15.5. The number of alkyl halides is 3. The highest BCUT2D eigenvalue weighted by Crippen LogP contribution is 2.34. The van der Waals surface area contributed by atoms with E-state index in [0.29, 0.717) is 27.7 Å². The average molecular weight is 408 g/mol. The number of amides is 1. The fraction of sp³-hybridized carbons (Fsp3) is 0.0435. The van der Waals surface area contributed by atoms with Crippen LogP contribution in [0.3, 0.4) is 0 Å². The van der Waals surface area contributed by atoms with Crippen molar-refractivity contribution in [1.82, 2.24) is 4.98 Å². The lowest BCUT2D eigenvalue weighted by Crippen LogP contribution is -2.22. The van der Waals surface area contributed by atoms with Crippen LogP contribution in [-0.2, 0) is 6.18 Å². The van der Waals surface area contributed by atoms with E-state index in [2.05, 4.69) is 10.3 Å². The van der Waals surface area contributed by atoms with Crippen LogP contribution >= 0.6 is 0 Å². The number of carbonyl (C=O) groups excluding carboxylic acids is 1. The molecular weight excluding hydrogens is 393 g/mol. The summed E-state index contributed by atoms with van der Waals surface area (Å²) < 4.78 is 39.2. The summed E-state index contributed by atoms with van der Waals surface area (Å²) in [5.74, 6) is -0.651. The third kappa shape index (κ3) is 3.69. The third-order valence-electron chi connectivity index (χ3n) is 4.71. The maximum atomic E-state index is 13.1. The maximum Gasteiger partial charge on any atom is 0.416 e. The van der Waals surface area contributed by atoms with Gasteiger partial charge >= 0.3 is 6.18 Å². The van der Waals surface area contributed by atoms with Crippen molar-refractivity contribution in [2.24, 2.45) is 0 Å². The van der Waals surface area contributed by atoms with E-state index in [1.54, 1.807) is 48.5 Å². The van der Waals surface area contributed by atoms with Gasteiger partial charge in [-0.05, 0) is 35.9 Å². The highest BCUT2D eigenvalue weighted by atomic mass is 19.4. The molecule has 0 bridgehead atoms. The van der Waals surface area contributed by atoms with Gasteiger partial charge in [-0.15, -0.1) is 0 Å². The molecule has 3 aromatic carbocycles. The first-order chi connectivity index (χ1) is 14.3. The van der Waals surface area contributed by atoms with Gasteiger partial charge in [-0.1, -0.05) is 42.5 Å². The van der Waals surface area contributed by atoms with Gasteiger partial charge in [0, 0.05) is 28.4 Å². The molecule has 1 heterocycles. The van der Waals surface area contributed by atoms with E-state index < -0.39 is 23.1 Å². The van der Waals surface area contributed by atoms with Gasteiger partial charge in [0.15, 0.2) is 0 Å². The van der Waals surface area contributed by atoms with E-state index in [-0.39, 0.29) is 5.56 Å². The Labute approximate surface area is 169 Å². The monoisotopic (exact) mass is 408 g/mol. The Morgan fingerprint density at radius 2 is 1.63 bits per heavy atom. The smallest absolute Gasteiger partial charge is 0.360 e. The number of pyridine rings is 1. The van der Waals surface area contributed by atoms with E-state index >= 15 is 0 Å². The number of hydrogen-bond donors (Lipinski definition) is 2. The summed E-state index contributed by atoms with van der Waals surface area (Å²) in [5, 5.41) is 3.02. The van der Waals surface area contributed by atoms with Gasteiger partial charge in [-0.2, -0.15) is 13.2 Å². The molecular formula is C23H15F3N2O2. The normalized spacial score (nSPS) is 11.4. The molecule has 4 aromatic rings. The molecule has 0 aliphatic carbocycles. The summed E-state index contributed by atoms with van der Waals surface area (Å²) in [6.07, 6.45) is -3.15. The number of fused-ring (bicyclic) bond motifs is 1. The Balaban J connectivity index is 1.72. The minimum absolute atomic E-state index is 0.0902. The van der Waals surface area contributed by atoms with Crippen molar-refractivity contribution in [1.29, 1.82) is 0 Å². The lowest BCUT2D eigenvalue weighted by molar-refractivity contribution is -0.137. The highest BCUT2D eigenvalue weighted by molar-refractivity contribution is 6.07. The van der Waals surface area contributed by atoms with Crippen molar-refractivity contribution in [2.45, 2.75) is 6.18 Å². The van der Waals surface area contributed by atoms with Crippen molar-refractivity contribution in [3.05, 3.63) is 100 Å². The van der Waals surface area contributed by atoms with Crippen LogP contribution in [-0.4, -0.2) is 10.9 Å². The van der Waals surface area contributed by atoms with Crippen molar-refractivity contribution in [3.8, 4) is 11.1 Å². The molecule has 0 saturated heterocycles. The molecule has 0 fully saturated rings. The molecule has 0 aliphatic rings. The quantitative estimate of drug-likeness (QED) is 0.472. The van der Waals surface area contributed by atoms with Crippen molar-refractivity contribution >= 4 is 22.5 Å². The van der Waals surface area contributed by atoms with Gasteiger partial charge in [0.25, 0.3) is 5.91 Å². The molecule has 150 valence electrons. The van der Waals surface area contributed by atoms with Crippen LogP contribution in [0.4, 0.5) is 18.9 Å². The second-order valence-electron chi connectivity index (χ2n) is 6.66. The number of nitrogens with one attached hydrogen (secondary N) is 2. The molecule has 0 radical (unpaired) electrons. The largest absolute Gasteiger partial charge is 0.416 e. The molecule has 4 nitrogen and oxygen atoms in total. The molecule has 30 heavy (non-hydrogen) atoms. The molecule has 0 spiro atoms. The van der Waals surface area contributed by atoms with Crippen molar-refractivity contribution in [2.75, 3.05) is 5.32 Å². The van der Waals surface area contributed by atoms with Crippen LogP contribution in [0.5, 0.6) is 0 Å². The van der Waals surface area contributed by atoms with E-state index in [0.717, 1.165) is 12.1 Å². The summed E-state index contributed by atoms with van der Waals surface area (Å²) in [4.78, 5) is 28.4. The fourth-order valence-electron chi connectivity index (χ4n) is 3.23. The first-order valence-corrected chi connectivity index (χ1v) is 9.03. The minimum atomic E-state index is -4.48. The summed E-state index contributed by atoms with van der Waals surface area (Å²) in [6.45, 7) is 0. The zero-order chi connectivity index (χ0) is 21.3. The Morgan fingerprint density at radius 3 is 2.43 bits per heavy atom. The molecule has 4 rings (SSSR count). The van der Waals surface area contributed by atoms with Crippen molar-refractivity contribution in [3.63, 3.8) is 0 Å². The first kappa shape index (κ1) is 19.4. The Bertz CT molecular complexity index is 1310. The molecule has 1 amide bonds. The summed E-state index contributed by atoms with van der Waals surface area (Å²) in [5.41, 5.74) is 0.304. The summed E-state index contributed by atoms with van der Waals surface area (Å²) in [7, 11) is 0. The van der Waals surface area contributed by atoms with E-state index in [4.69, 9.17) is 0 Å². The molecule has 7 heteroatoms.